The van der Waals surface area contributed by atoms with Crippen LogP contribution in [-0.2, 0) is 6.18 Å². The van der Waals surface area contributed by atoms with Crippen LogP contribution in [0.2, 0.25) is 15.1 Å². The Labute approximate surface area is 234 Å². The van der Waals surface area contributed by atoms with Crippen LogP contribution in [0, 0.1) is 0 Å². The van der Waals surface area contributed by atoms with Gasteiger partial charge in [0.25, 0.3) is 0 Å². The SMILES string of the molecule is O=C(CCC(=S)NCC(F)(F)F)c1ccc(/C(F)=C/C(c2cc(Cl)c(Cl)c(Cl)c2)C(F)(F)F)cc1C(F)(F)F. The van der Waals surface area contributed by atoms with E-state index >= 15 is 0 Å². The Morgan fingerprint density at radius 2 is 1.49 bits per heavy atom. The molecule has 1 N–H and O–H groups in total. The van der Waals surface area contributed by atoms with Crippen molar-refractivity contribution in [3.8, 4) is 0 Å². The zero-order valence-electron chi connectivity index (χ0n) is 18.9. The van der Waals surface area contributed by atoms with Crippen LogP contribution in [0.15, 0.2) is 36.4 Å². The average molecular weight is 649 g/mol. The Morgan fingerprint density at radius 1 is 0.923 bits per heavy atom. The van der Waals surface area contributed by atoms with Crippen molar-refractivity contribution in [2.45, 2.75) is 37.3 Å². The van der Waals surface area contributed by atoms with Crippen molar-refractivity contribution in [1.29, 1.82) is 0 Å². The summed E-state index contributed by atoms with van der Waals surface area (Å²) >= 11 is 21.8. The van der Waals surface area contributed by atoms with E-state index in [0.29, 0.717) is 12.1 Å². The molecule has 214 valence electrons. The third kappa shape index (κ3) is 9.51. The first-order chi connectivity index (χ1) is 17.7. The van der Waals surface area contributed by atoms with E-state index in [-0.39, 0.29) is 27.2 Å². The van der Waals surface area contributed by atoms with Crippen molar-refractivity contribution < 1.29 is 48.7 Å². The summed E-state index contributed by atoms with van der Waals surface area (Å²) in [5, 5.41) is 0.792. The van der Waals surface area contributed by atoms with E-state index in [1.165, 1.54) is 0 Å². The fraction of sp³-hybridized carbons (Fsp3) is 0.304. The monoisotopic (exact) mass is 647 g/mol. The van der Waals surface area contributed by atoms with Crippen molar-refractivity contribution in [2.24, 2.45) is 0 Å². The third-order valence-corrected chi connectivity index (χ3v) is 6.54. The van der Waals surface area contributed by atoms with Crippen LogP contribution < -0.4 is 5.32 Å². The molecular weight excluding hydrogens is 635 g/mol. The number of halogens is 13. The Balaban J connectivity index is 2.41. The molecule has 2 nitrogen and oxygen atoms in total. The van der Waals surface area contributed by atoms with Gasteiger partial charge >= 0.3 is 18.5 Å². The van der Waals surface area contributed by atoms with Crippen LogP contribution in [-0.4, -0.2) is 29.7 Å². The van der Waals surface area contributed by atoms with E-state index in [1.807, 2.05) is 5.32 Å². The summed E-state index contributed by atoms with van der Waals surface area (Å²) in [5.41, 5.74) is -4.21. The molecule has 0 amide bonds. The van der Waals surface area contributed by atoms with Gasteiger partial charge in [0.1, 0.15) is 18.3 Å². The topological polar surface area (TPSA) is 29.1 Å². The lowest BCUT2D eigenvalue weighted by Gasteiger charge is -2.19. The van der Waals surface area contributed by atoms with E-state index in [9.17, 15) is 48.7 Å². The fourth-order valence-electron chi connectivity index (χ4n) is 3.20. The van der Waals surface area contributed by atoms with E-state index in [4.69, 9.17) is 34.8 Å². The van der Waals surface area contributed by atoms with Gasteiger partial charge in [-0.2, -0.15) is 39.5 Å². The van der Waals surface area contributed by atoms with E-state index in [2.05, 4.69) is 12.2 Å². The molecule has 0 heterocycles. The number of hydrogen-bond donors (Lipinski definition) is 1. The molecule has 0 bridgehead atoms. The van der Waals surface area contributed by atoms with Crippen LogP contribution in [0.1, 0.15) is 45.8 Å². The zero-order chi connectivity index (χ0) is 29.9. The quantitative estimate of drug-likeness (QED) is 0.134. The number of carbonyl (C=O) groups is 1. The number of rotatable bonds is 8. The summed E-state index contributed by atoms with van der Waals surface area (Å²) in [6, 6.07) is 2.90. The van der Waals surface area contributed by atoms with Gasteiger partial charge < -0.3 is 5.32 Å². The van der Waals surface area contributed by atoms with Crippen molar-refractivity contribution in [1.82, 2.24) is 5.32 Å². The molecule has 39 heavy (non-hydrogen) atoms. The lowest BCUT2D eigenvalue weighted by molar-refractivity contribution is -0.140. The second kappa shape index (κ2) is 12.6. The van der Waals surface area contributed by atoms with Crippen LogP contribution in [0.4, 0.5) is 43.9 Å². The van der Waals surface area contributed by atoms with Gasteiger partial charge in [-0.25, -0.2) is 4.39 Å². The lowest BCUT2D eigenvalue weighted by atomic mass is 9.94. The molecule has 0 aliphatic heterocycles. The van der Waals surface area contributed by atoms with E-state index in [0.717, 1.165) is 12.1 Å². The Bertz CT molecular complexity index is 1250. The van der Waals surface area contributed by atoms with Gasteiger partial charge in [-0.15, -0.1) is 0 Å². The van der Waals surface area contributed by atoms with Crippen molar-refractivity contribution in [3.05, 3.63) is 73.7 Å². The number of Topliss-reactive ketones (excluding diaryl/α,β-unsaturated/α-hetero) is 1. The summed E-state index contributed by atoms with van der Waals surface area (Å²) in [5.74, 6) is -5.58. The molecule has 0 aromatic heterocycles. The molecule has 0 spiro atoms. The second-order valence-corrected chi connectivity index (χ2v) is 9.59. The number of ketones is 1. The molecule has 16 heteroatoms. The molecular formula is C23H14Cl3F10NOS. The van der Waals surface area contributed by atoms with Crippen LogP contribution >= 0.6 is 47.0 Å². The molecule has 0 saturated heterocycles. The van der Waals surface area contributed by atoms with Gasteiger partial charge in [0.05, 0.1) is 25.6 Å². The molecule has 2 rings (SSSR count). The molecule has 0 saturated carbocycles. The van der Waals surface area contributed by atoms with Crippen molar-refractivity contribution >= 4 is 63.6 Å². The lowest BCUT2D eigenvalue weighted by Crippen LogP contribution is -2.32. The number of nitrogens with one attached hydrogen (secondary N) is 1. The molecule has 0 radical (unpaired) electrons. The Hall–Kier alpha value is -2.09. The van der Waals surface area contributed by atoms with E-state index in [1.54, 1.807) is 0 Å². The minimum Gasteiger partial charge on any atom is -0.371 e. The number of hydrogen-bond acceptors (Lipinski definition) is 2. The summed E-state index contributed by atoms with van der Waals surface area (Å²) in [6.07, 6.45) is -16.2. The van der Waals surface area contributed by atoms with E-state index < -0.39 is 82.7 Å². The fourth-order valence-corrected chi connectivity index (χ4v) is 3.98. The normalized spacial score (nSPS) is 13.8. The largest absolute Gasteiger partial charge is 0.417 e. The first-order valence-corrected chi connectivity index (χ1v) is 11.9. The maximum absolute atomic E-state index is 14.9. The van der Waals surface area contributed by atoms with Gasteiger partial charge in [-0.05, 0) is 29.8 Å². The molecule has 2 aromatic rings. The molecule has 0 aliphatic rings. The minimum atomic E-state index is -5.24. The first kappa shape index (κ1) is 33.1. The summed E-state index contributed by atoms with van der Waals surface area (Å²) < 4.78 is 134. The predicted molar refractivity (Wildman–Crippen MR) is 131 cm³/mol. The summed E-state index contributed by atoms with van der Waals surface area (Å²) in [7, 11) is 0. The predicted octanol–water partition coefficient (Wildman–Crippen LogP) is 9.76. The number of allylic oxidation sites excluding steroid dienone is 1. The summed E-state index contributed by atoms with van der Waals surface area (Å²) in [6.45, 7) is -1.51. The first-order valence-electron chi connectivity index (χ1n) is 10.4. The van der Waals surface area contributed by atoms with Crippen molar-refractivity contribution in [3.63, 3.8) is 0 Å². The maximum atomic E-state index is 14.9. The highest BCUT2D eigenvalue weighted by atomic mass is 35.5. The molecule has 0 fully saturated rings. The van der Waals surface area contributed by atoms with Crippen molar-refractivity contribution in [2.75, 3.05) is 6.54 Å². The highest BCUT2D eigenvalue weighted by Crippen LogP contribution is 2.43. The van der Waals surface area contributed by atoms with Crippen LogP contribution in [0.5, 0.6) is 0 Å². The highest BCUT2D eigenvalue weighted by molar-refractivity contribution is 7.80. The van der Waals surface area contributed by atoms with Gasteiger partial charge in [-0.1, -0.05) is 59.2 Å². The number of benzene rings is 2. The number of alkyl halides is 9. The average Bonchev–Trinajstić information content (AvgIpc) is 2.80. The highest BCUT2D eigenvalue weighted by Gasteiger charge is 2.41. The molecule has 0 aliphatic carbocycles. The van der Waals surface area contributed by atoms with Crippen LogP contribution in [0.3, 0.4) is 0 Å². The molecule has 2 aromatic carbocycles. The van der Waals surface area contributed by atoms with Gasteiger partial charge in [0, 0.05) is 24.0 Å². The third-order valence-electron chi connectivity index (χ3n) is 5.00. The zero-order valence-corrected chi connectivity index (χ0v) is 22.0. The standard InChI is InChI=1S/C23H14Cl3F10NOS/c24-15-6-11(7-16(25)20(15)26)13(22(31,32)33)8-17(27)10-1-2-12(14(5-10)23(34,35)36)18(38)3-4-19(39)37-9-21(28,29)30/h1-2,5-8,13H,3-4,9H2,(H,37,39)/b17-8-. The van der Waals surface area contributed by atoms with Gasteiger partial charge in [-0.3, -0.25) is 4.79 Å². The summed E-state index contributed by atoms with van der Waals surface area (Å²) in [4.78, 5) is 12.0. The smallest absolute Gasteiger partial charge is 0.371 e. The minimum absolute atomic E-state index is 0.0115. The molecule has 1 unspecified atom stereocenters. The number of thiocarbonyl (C=S) groups is 1. The second-order valence-electron chi connectivity index (χ2n) is 7.91. The van der Waals surface area contributed by atoms with Gasteiger partial charge in [0.2, 0.25) is 0 Å². The Morgan fingerprint density at radius 3 is 1.97 bits per heavy atom. The maximum Gasteiger partial charge on any atom is 0.417 e. The Kier molecular flexibility index (Phi) is 10.7. The number of carbonyl (C=O) groups excluding carboxylic acids is 1. The van der Waals surface area contributed by atoms with Gasteiger partial charge in [0.15, 0.2) is 5.78 Å². The van der Waals surface area contributed by atoms with Crippen LogP contribution in [0.25, 0.3) is 5.83 Å². The molecule has 1 atom stereocenters.